The molecule has 2 aromatic carbocycles. The van der Waals surface area contributed by atoms with E-state index in [1.54, 1.807) is 7.11 Å². The van der Waals surface area contributed by atoms with Gasteiger partial charge in [-0.2, -0.15) is 0 Å². The van der Waals surface area contributed by atoms with E-state index in [2.05, 4.69) is 52.9 Å². The Hall–Kier alpha value is -2.53. The number of aryl methyl sites for hydroxylation is 1. The number of ether oxygens (including phenoxy) is 2. The van der Waals surface area contributed by atoms with Gasteiger partial charge in [0.2, 0.25) is 0 Å². The Bertz CT molecular complexity index is 789. The maximum Gasteiger partial charge on any atom is 0.190 e. The van der Waals surface area contributed by atoms with Gasteiger partial charge >= 0.3 is 0 Å². The van der Waals surface area contributed by atoms with E-state index in [1.807, 2.05) is 25.2 Å². The summed E-state index contributed by atoms with van der Waals surface area (Å²) in [5.74, 6) is 2.19. The van der Waals surface area contributed by atoms with Crippen LogP contribution in [0.2, 0.25) is 0 Å². The zero-order valence-electron chi connectivity index (χ0n) is 17.8. The molecule has 0 radical (unpaired) electrons. The van der Waals surface area contributed by atoms with Crippen molar-refractivity contribution in [1.29, 1.82) is 0 Å². The lowest BCUT2D eigenvalue weighted by Gasteiger charge is -2.32. The Labute approximate surface area is 174 Å². The largest absolute Gasteiger partial charge is 0.496 e. The van der Waals surface area contributed by atoms with Gasteiger partial charge in [-0.3, -0.25) is 4.99 Å². The van der Waals surface area contributed by atoms with Crippen LogP contribution in [-0.4, -0.2) is 39.8 Å². The number of benzene rings is 2. The fourth-order valence-corrected chi connectivity index (χ4v) is 3.85. The first-order valence-corrected chi connectivity index (χ1v) is 10.5. The van der Waals surface area contributed by atoms with E-state index >= 15 is 0 Å². The second-order valence-corrected chi connectivity index (χ2v) is 7.55. The summed E-state index contributed by atoms with van der Waals surface area (Å²) in [6, 6.07) is 16.8. The van der Waals surface area contributed by atoms with E-state index in [1.165, 1.54) is 16.7 Å². The van der Waals surface area contributed by atoms with Gasteiger partial charge in [0.05, 0.1) is 13.2 Å². The summed E-state index contributed by atoms with van der Waals surface area (Å²) in [6.45, 7) is 4.58. The molecule has 1 saturated heterocycles. The molecule has 2 unspecified atom stereocenters. The normalized spacial score (nSPS) is 19.6. The summed E-state index contributed by atoms with van der Waals surface area (Å²) < 4.78 is 11.6. The molecule has 2 atom stereocenters. The molecule has 156 valence electrons. The lowest BCUT2D eigenvalue weighted by Crippen LogP contribution is -2.42. The third kappa shape index (κ3) is 5.97. The van der Waals surface area contributed by atoms with Crippen molar-refractivity contribution in [1.82, 2.24) is 10.6 Å². The van der Waals surface area contributed by atoms with Crippen molar-refractivity contribution >= 4 is 5.96 Å². The second-order valence-electron chi connectivity index (χ2n) is 7.55. The van der Waals surface area contributed by atoms with Gasteiger partial charge in [0.25, 0.3) is 0 Å². The number of nitrogens with zero attached hydrogens (tertiary/aromatic N) is 1. The topological polar surface area (TPSA) is 54.9 Å². The number of aliphatic imine (C=N–C) groups is 1. The summed E-state index contributed by atoms with van der Waals surface area (Å²) in [4.78, 5) is 4.38. The number of methoxy groups -OCH3 is 1. The minimum Gasteiger partial charge on any atom is -0.496 e. The molecule has 29 heavy (non-hydrogen) atoms. The molecule has 1 aliphatic heterocycles. The van der Waals surface area contributed by atoms with Crippen LogP contribution in [0.1, 0.15) is 35.6 Å². The van der Waals surface area contributed by atoms with Gasteiger partial charge in [-0.1, -0.05) is 48.0 Å². The molecule has 3 rings (SSSR count). The number of para-hydroxylation sites is 1. The van der Waals surface area contributed by atoms with E-state index in [4.69, 9.17) is 9.47 Å². The Balaban J connectivity index is 1.51. The summed E-state index contributed by atoms with van der Waals surface area (Å²) in [6.07, 6.45) is 3.28. The number of guanidine groups is 1. The highest BCUT2D eigenvalue weighted by atomic mass is 16.5. The summed E-state index contributed by atoms with van der Waals surface area (Å²) in [7, 11) is 3.52. The van der Waals surface area contributed by atoms with Gasteiger partial charge in [-0.25, -0.2) is 0 Å². The fraction of sp³-hybridized carbons (Fsp3) is 0.458. The van der Waals surface area contributed by atoms with Gasteiger partial charge in [-0.15, -0.1) is 0 Å². The van der Waals surface area contributed by atoms with E-state index in [9.17, 15) is 0 Å². The molecule has 5 nitrogen and oxygen atoms in total. The van der Waals surface area contributed by atoms with Crippen molar-refractivity contribution in [3.63, 3.8) is 0 Å². The Kier molecular flexibility index (Phi) is 7.94. The highest BCUT2D eigenvalue weighted by molar-refractivity contribution is 5.79. The minimum absolute atomic E-state index is 0.142. The lowest BCUT2D eigenvalue weighted by atomic mass is 9.89. The molecule has 1 fully saturated rings. The first kappa shape index (κ1) is 21.2. The molecule has 0 bridgehead atoms. The van der Waals surface area contributed by atoms with Gasteiger partial charge in [0.1, 0.15) is 5.75 Å². The zero-order valence-corrected chi connectivity index (χ0v) is 17.8. The number of rotatable bonds is 7. The predicted molar refractivity (Wildman–Crippen MR) is 119 cm³/mol. The molecule has 2 N–H and O–H groups in total. The Morgan fingerprint density at radius 1 is 1.14 bits per heavy atom. The SMILES string of the molecule is CN=C(NCCc1ccccc1OC)NCC1CCCOC1c1ccc(C)cc1. The standard InChI is InChI=1S/C24H33N3O2/c1-18-10-12-20(13-11-18)23-21(8-6-16-29-23)17-27-24(25-2)26-15-14-19-7-4-5-9-22(19)28-3/h4-5,7,9-13,21,23H,6,8,14-17H2,1-3H3,(H2,25,26,27). The molecule has 0 aliphatic carbocycles. The van der Waals surface area contributed by atoms with E-state index in [-0.39, 0.29) is 6.10 Å². The van der Waals surface area contributed by atoms with Crippen LogP contribution >= 0.6 is 0 Å². The molecule has 1 heterocycles. The van der Waals surface area contributed by atoms with Crippen LogP contribution in [0.15, 0.2) is 53.5 Å². The maximum absolute atomic E-state index is 6.13. The molecule has 5 heteroatoms. The number of hydrogen-bond acceptors (Lipinski definition) is 3. The van der Waals surface area contributed by atoms with Gasteiger partial charge in [0, 0.05) is 32.7 Å². The monoisotopic (exact) mass is 395 g/mol. The first-order chi connectivity index (χ1) is 14.2. The summed E-state index contributed by atoms with van der Waals surface area (Å²) in [5, 5.41) is 6.91. The van der Waals surface area contributed by atoms with Crippen molar-refractivity contribution in [2.24, 2.45) is 10.9 Å². The van der Waals surface area contributed by atoms with Crippen LogP contribution in [0.25, 0.3) is 0 Å². The van der Waals surface area contributed by atoms with Crippen LogP contribution in [0, 0.1) is 12.8 Å². The van der Waals surface area contributed by atoms with Gasteiger partial charge in [-0.05, 0) is 43.4 Å². The van der Waals surface area contributed by atoms with Gasteiger partial charge in [0.15, 0.2) is 5.96 Å². The fourth-order valence-electron chi connectivity index (χ4n) is 3.85. The smallest absolute Gasteiger partial charge is 0.190 e. The van der Waals surface area contributed by atoms with Crippen molar-refractivity contribution in [3.8, 4) is 5.75 Å². The Morgan fingerprint density at radius 2 is 1.93 bits per heavy atom. The highest BCUT2D eigenvalue weighted by Crippen LogP contribution is 2.33. The minimum atomic E-state index is 0.142. The first-order valence-electron chi connectivity index (χ1n) is 10.5. The molecular weight excluding hydrogens is 362 g/mol. The molecule has 0 spiro atoms. The number of hydrogen-bond donors (Lipinski definition) is 2. The zero-order chi connectivity index (χ0) is 20.5. The number of nitrogens with one attached hydrogen (secondary N) is 2. The Morgan fingerprint density at radius 3 is 2.69 bits per heavy atom. The summed E-state index contributed by atoms with van der Waals surface area (Å²) in [5.41, 5.74) is 3.73. The molecule has 1 aliphatic rings. The van der Waals surface area contributed by atoms with Crippen LogP contribution < -0.4 is 15.4 Å². The predicted octanol–water partition coefficient (Wildman–Crippen LogP) is 3.88. The van der Waals surface area contributed by atoms with Crippen molar-refractivity contribution < 1.29 is 9.47 Å². The van der Waals surface area contributed by atoms with Crippen LogP contribution in [-0.2, 0) is 11.2 Å². The van der Waals surface area contributed by atoms with Crippen molar-refractivity contribution in [2.45, 2.75) is 32.3 Å². The molecule has 0 saturated carbocycles. The summed E-state index contributed by atoms with van der Waals surface area (Å²) >= 11 is 0. The van der Waals surface area contributed by atoms with Crippen LogP contribution in [0.5, 0.6) is 5.75 Å². The van der Waals surface area contributed by atoms with E-state index < -0.39 is 0 Å². The van der Waals surface area contributed by atoms with Crippen molar-refractivity contribution in [2.75, 3.05) is 33.9 Å². The third-order valence-corrected chi connectivity index (χ3v) is 5.49. The van der Waals surface area contributed by atoms with Crippen LogP contribution in [0.4, 0.5) is 0 Å². The molecular formula is C24H33N3O2. The second kappa shape index (κ2) is 10.9. The van der Waals surface area contributed by atoms with Crippen molar-refractivity contribution in [3.05, 3.63) is 65.2 Å². The average Bonchev–Trinajstić information content (AvgIpc) is 2.77. The van der Waals surface area contributed by atoms with E-state index in [0.717, 1.165) is 50.7 Å². The van der Waals surface area contributed by atoms with Crippen LogP contribution in [0.3, 0.4) is 0 Å². The highest BCUT2D eigenvalue weighted by Gasteiger charge is 2.27. The molecule has 0 amide bonds. The molecule has 0 aromatic heterocycles. The maximum atomic E-state index is 6.13. The third-order valence-electron chi connectivity index (χ3n) is 5.49. The van der Waals surface area contributed by atoms with E-state index in [0.29, 0.717) is 5.92 Å². The van der Waals surface area contributed by atoms with Gasteiger partial charge < -0.3 is 20.1 Å². The lowest BCUT2D eigenvalue weighted by molar-refractivity contribution is -0.0265. The molecule has 2 aromatic rings. The quantitative estimate of drug-likeness (QED) is 0.552. The average molecular weight is 396 g/mol.